The van der Waals surface area contributed by atoms with Crippen LogP contribution in [0.1, 0.15) is 26.2 Å². The van der Waals surface area contributed by atoms with Gasteiger partial charge in [0, 0.05) is 71.0 Å². The number of guanidine groups is 1. The van der Waals surface area contributed by atoms with Gasteiger partial charge in [-0.05, 0) is 37.8 Å². The van der Waals surface area contributed by atoms with Gasteiger partial charge in [0.1, 0.15) is 0 Å². The number of piperazine rings is 1. The molecule has 0 saturated carbocycles. The van der Waals surface area contributed by atoms with Crippen LogP contribution < -0.4 is 16.0 Å². The lowest BCUT2D eigenvalue weighted by Crippen LogP contribution is -2.54. The van der Waals surface area contributed by atoms with E-state index in [0.29, 0.717) is 18.4 Å². The molecule has 2 heterocycles. The van der Waals surface area contributed by atoms with Gasteiger partial charge < -0.3 is 20.9 Å². The minimum absolute atomic E-state index is 0.205. The minimum atomic E-state index is -0.205. The molecule has 0 bridgehead atoms. The fourth-order valence-electron chi connectivity index (χ4n) is 4.47. The van der Waals surface area contributed by atoms with Crippen molar-refractivity contribution in [3.63, 3.8) is 0 Å². The molecule has 1 aromatic carbocycles. The van der Waals surface area contributed by atoms with Crippen molar-refractivity contribution in [2.24, 2.45) is 16.6 Å². The molecule has 0 aromatic heterocycles. The summed E-state index contributed by atoms with van der Waals surface area (Å²) in [6.07, 6.45) is 2.61. The van der Waals surface area contributed by atoms with E-state index in [4.69, 9.17) is 5.73 Å². The van der Waals surface area contributed by atoms with E-state index in [0.717, 1.165) is 64.6 Å². The number of benzene rings is 1. The summed E-state index contributed by atoms with van der Waals surface area (Å²) >= 11 is 0. The Hall–Kier alpha value is -2.28. The topological polar surface area (TPSA) is 77.2 Å². The Balaban J connectivity index is 1.44. The van der Waals surface area contributed by atoms with Gasteiger partial charge in [0.05, 0.1) is 0 Å². The molecule has 2 aliphatic heterocycles. The second kappa shape index (κ2) is 10.5. The van der Waals surface area contributed by atoms with Gasteiger partial charge in [-0.1, -0.05) is 18.2 Å². The summed E-state index contributed by atoms with van der Waals surface area (Å²) in [6.45, 7) is 9.25. The average molecular weight is 401 g/mol. The molecule has 2 fully saturated rings. The Morgan fingerprint density at radius 1 is 1.21 bits per heavy atom. The third-order valence-corrected chi connectivity index (χ3v) is 6.13. The van der Waals surface area contributed by atoms with Gasteiger partial charge in [-0.25, -0.2) is 0 Å². The van der Waals surface area contributed by atoms with Gasteiger partial charge >= 0.3 is 0 Å². The zero-order chi connectivity index (χ0) is 20.6. The first kappa shape index (κ1) is 21.4. The first-order valence-corrected chi connectivity index (χ1v) is 10.8. The van der Waals surface area contributed by atoms with Crippen molar-refractivity contribution in [3.05, 3.63) is 30.3 Å². The van der Waals surface area contributed by atoms with Gasteiger partial charge in [0.15, 0.2) is 5.96 Å². The largest absolute Gasteiger partial charge is 0.370 e. The summed E-state index contributed by atoms with van der Waals surface area (Å²) < 4.78 is 0. The number of nitrogens with zero attached hydrogens (tertiary/aromatic N) is 4. The molecule has 0 aliphatic carbocycles. The first-order chi connectivity index (χ1) is 14.1. The summed E-state index contributed by atoms with van der Waals surface area (Å²) in [7, 11) is 1.84. The van der Waals surface area contributed by atoms with Crippen molar-refractivity contribution in [3.8, 4) is 0 Å². The highest BCUT2D eigenvalue weighted by molar-refractivity contribution is 5.80. The molecule has 2 aliphatic rings. The predicted molar refractivity (Wildman–Crippen MR) is 119 cm³/mol. The van der Waals surface area contributed by atoms with Crippen LogP contribution in [-0.2, 0) is 4.79 Å². The van der Waals surface area contributed by atoms with E-state index in [1.807, 2.05) is 7.05 Å². The van der Waals surface area contributed by atoms with Crippen LogP contribution >= 0.6 is 0 Å². The maximum atomic E-state index is 11.3. The van der Waals surface area contributed by atoms with E-state index in [-0.39, 0.29) is 5.91 Å². The molecule has 3 N–H and O–H groups in total. The van der Waals surface area contributed by atoms with Gasteiger partial charge in [-0.2, -0.15) is 0 Å². The van der Waals surface area contributed by atoms with Gasteiger partial charge in [-0.3, -0.25) is 14.7 Å². The van der Waals surface area contributed by atoms with E-state index in [9.17, 15) is 4.79 Å². The van der Waals surface area contributed by atoms with Gasteiger partial charge in [0.25, 0.3) is 0 Å². The Morgan fingerprint density at radius 3 is 2.59 bits per heavy atom. The second-order valence-corrected chi connectivity index (χ2v) is 8.26. The Kier molecular flexibility index (Phi) is 7.75. The van der Waals surface area contributed by atoms with Gasteiger partial charge in [-0.15, -0.1) is 0 Å². The van der Waals surface area contributed by atoms with Crippen molar-refractivity contribution in [2.45, 2.75) is 32.2 Å². The molecule has 3 rings (SSSR count). The third-order valence-electron chi connectivity index (χ3n) is 6.13. The summed E-state index contributed by atoms with van der Waals surface area (Å²) in [5.41, 5.74) is 6.71. The number of piperidine rings is 1. The Morgan fingerprint density at radius 2 is 1.93 bits per heavy atom. The SMILES string of the molecule is CN=C(NCC(C)N1CCN(c2ccccc2)CC1)N1CCCC(CC(N)=O)C1. The molecule has 7 nitrogen and oxygen atoms in total. The smallest absolute Gasteiger partial charge is 0.217 e. The number of para-hydroxylation sites is 1. The van der Waals surface area contributed by atoms with E-state index >= 15 is 0 Å². The lowest BCUT2D eigenvalue weighted by Gasteiger charge is -2.40. The van der Waals surface area contributed by atoms with Crippen molar-refractivity contribution in [1.29, 1.82) is 0 Å². The number of primary amides is 1. The molecular formula is C22H36N6O. The average Bonchev–Trinajstić information content (AvgIpc) is 2.74. The summed E-state index contributed by atoms with van der Waals surface area (Å²) in [5.74, 6) is 1.07. The lowest BCUT2D eigenvalue weighted by molar-refractivity contribution is -0.119. The number of anilines is 1. The number of nitrogens with two attached hydrogens (primary N) is 1. The highest BCUT2D eigenvalue weighted by Gasteiger charge is 2.25. The maximum Gasteiger partial charge on any atom is 0.217 e. The van der Waals surface area contributed by atoms with Crippen LogP contribution in [-0.4, -0.2) is 80.6 Å². The molecule has 0 spiro atoms. The lowest BCUT2D eigenvalue weighted by atomic mass is 9.95. The molecular weight excluding hydrogens is 364 g/mol. The normalized spacial score (nSPS) is 22.4. The van der Waals surface area contributed by atoms with Crippen LogP contribution in [0.2, 0.25) is 0 Å². The van der Waals surface area contributed by atoms with Crippen LogP contribution in [0.4, 0.5) is 5.69 Å². The van der Waals surface area contributed by atoms with E-state index in [1.165, 1.54) is 5.69 Å². The summed E-state index contributed by atoms with van der Waals surface area (Å²) in [6, 6.07) is 11.1. The maximum absolute atomic E-state index is 11.3. The van der Waals surface area contributed by atoms with Crippen LogP contribution in [0.5, 0.6) is 0 Å². The summed E-state index contributed by atoms with van der Waals surface area (Å²) in [5, 5.41) is 3.56. The fraction of sp³-hybridized carbons (Fsp3) is 0.636. The molecule has 160 valence electrons. The fourth-order valence-corrected chi connectivity index (χ4v) is 4.47. The van der Waals surface area contributed by atoms with Crippen LogP contribution in [0.3, 0.4) is 0 Å². The van der Waals surface area contributed by atoms with Crippen molar-refractivity contribution in [1.82, 2.24) is 15.1 Å². The number of hydrogen-bond donors (Lipinski definition) is 2. The van der Waals surface area contributed by atoms with Crippen LogP contribution in [0.15, 0.2) is 35.3 Å². The van der Waals surface area contributed by atoms with Crippen molar-refractivity contribution < 1.29 is 4.79 Å². The Bertz CT molecular complexity index is 671. The number of amides is 1. The number of carbonyl (C=O) groups is 1. The third kappa shape index (κ3) is 6.10. The van der Waals surface area contributed by atoms with E-state index in [2.05, 4.69) is 62.3 Å². The molecule has 0 radical (unpaired) electrons. The quantitative estimate of drug-likeness (QED) is 0.557. The second-order valence-electron chi connectivity index (χ2n) is 8.26. The molecule has 2 saturated heterocycles. The van der Waals surface area contributed by atoms with Crippen molar-refractivity contribution >= 4 is 17.6 Å². The van der Waals surface area contributed by atoms with Crippen LogP contribution in [0, 0.1) is 5.92 Å². The highest BCUT2D eigenvalue weighted by Crippen LogP contribution is 2.20. The molecule has 2 unspecified atom stereocenters. The zero-order valence-corrected chi connectivity index (χ0v) is 17.9. The standard InChI is InChI=1S/C22H36N6O/c1-18(26-11-13-27(14-12-26)20-8-4-3-5-9-20)16-25-22(24-2)28-10-6-7-19(17-28)15-21(23)29/h3-5,8-9,18-19H,6-7,10-17H2,1-2H3,(H2,23,29)(H,24,25). The molecule has 2 atom stereocenters. The molecule has 1 amide bonds. The first-order valence-electron chi connectivity index (χ1n) is 10.8. The van der Waals surface area contributed by atoms with Crippen molar-refractivity contribution in [2.75, 3.05) is 57.8 Å². The number of rotatable bonds is 6. The number of likely N-dealkylation sites (tertiary alicyclic amines) is 1. The van der Waals surface area contributed by atoms with Gasteiger partial charge in [0.2, 0.25) is 5.91 Å². The van der Waals surface area contributed by atoms with E-state index < -0.39 is 0 Å². The zero-order valence-electron chi connectivity index (χ0n) is 17.9. The number of carbonyl (C=O) groups excluding carboxylic acids is 1. The number of aliphatic imine (C=N–C) groups is 1. The minimum Gasteiger partial charge on any atom is -0.370 e. The number of hydrogen-bond acceptors (Lipinski definition) is 4. The molecule has 29 heavy (non-hydrogen) atoms. The monoisotopic (exact) mass is 400 g/mol. The molecule has 7 heteroatoms. The predicted octanol–water partition coefficient (Wildman–Crippen LogP) is 1.36. The van der Waals surface area contributed by atoms with E-state index in [1.54, 1.807) is 0 Å². The number of nitrogens with one attached hydrogen (secondary N) is 1. The highest BCUT2D eigenvalue weighted by atomic mass is 16.1. The summed E-state index contributed by atoms with van der Waals surface area (Å²) in [4.78, 5) is 23.0. The Labute approximate surface area is 174 Å². The van der Waals surface area contributed by atoms with Crippen LogP contribution in [0.25, 0.3) is 0 Å². The molecule has 1 aromatic rings.